The van der Waals surface area contributed by atoms with Gasteiger partial charge in [-0.25, -0.2) is 13.1 Å². The molecular weight excluding hydrogens is 374 g/mol. The van der Waals surface area contributed by atoms with Gasteiger partial charge in [-0.15, -0.1) is 12.4 Å². The topological polar surface area (TPSA) is 101 Å². The molecule has 0 saturated heterocycles. The summed E-state index contributed by atoms with van der Waals surface area (Å²) in [6.07, 6.45) is 0. The molecule has 0 aliphatic carbocycles. The van der Waals surface area contributed by atoms with Crippen molar-refractivity contribution in [2.45, 2.75) is 30.8 Å². The molecule has 1 atom stereocenters. The lowest BCUT2D eigenvalue weighted by molar-refractivity contribution is 0.0951. The van der Waals surface area contributed by atoms with E-state index in [1.54, 1.807) is 13.8 Å². The standard InChI is InChI=1S/C18H23N3O3S.ClH/c1-13(2)21-25(23,24)16-10-8-15(9-11-16)18(22)20-12-17(19)14-6-4-3-5-7-14;/h3-11,13,17,21H,12,19H2,1-2H3,(H,20,22);1H. The summed E-state index contributed by atoms with van der Waals surface area (Å²) in [5, 5.41) is 2.76. The minimum Gasteiger partial charge on any atom is -0.350 e. The van der Waals surface area contributed by atoms with Gasteiger partial charge in [-0.2, -0.15) is 0 Å². The van der Waals surface area contributed by atoms with Gasteiger partial charge in [0.15, 0.2) is 0 Å². The number of hydrogen-bond acceptors (Lipinski definition) is 4. The summed E-state index contributed by atoms with van der Waals surface area (Å²) in [5.41, 5.74) is 7.36. The Bertz CT molecular complexity index is 809. The molecule has 0 heterocycles. The highest BCUT2D eigenvalue weighted by Crippen LogP contribution is 2.12. The summed E-state index contributed by atoms with van der Waals surface area (Å²) in [6.45, 7) is 3.78. The van der Waals surface area contributed by atoms with Crippen LogP contribution in [0.15, 0.2) is 59.5 Å². The van der Waals surface area contributed by atoms with Crippen molar-refractivity contribution >= 4 is 28.3 Å². The number of sulfonamides is 1. The van der Waals surface area contributed by atoms with Crippen LogP contribution in [-0.2, 0) is 10.0 Å². The van der Waals surface area contributed by atoms with Gasteiger partial charge in [-0.3, -0.25) is 4.79 Å². The van der Waals surface area contributed by atoms with Gasteiger partial charge in [0, 0.05) is 24.2 Å². The monoisotopic (exact) mass is 397 g/mol. The molecule has 4 N–H and O–H groups in total. The number of amides is 1. The molecule has 0 radical (unpaired) electrons. The Balaban J connectivity index is 0.00000338. The lowest BCUT2D eigenvalue weighted by Gasteiger charge is -2.13. The summed E-state index contributed by atoms with van der Waals surface area (Å²) in [6, 6.07) is 14.8. The first-order valence-electron chi connectivity index (χ1n) is 8.00. The fraction of sp³-hybridized carbons (Fsp3) is 0.278. The van der Waals surface area contributed by atoms with E-state index in [0.717, 1.165) is 5.56 Å². The zero-order valence-corrected chi connectivity index (χ0v) is 16.3. The maximum absolute atomic E-state index is 12.2. The van der Waals surface area contributed by atoms with E-state index in [-0.39, 0.29) is 41.8 Å². The first-order valence-corrected chi connectivity index (χ1v) is 9.49. The third-order valence-corrected chi connectivity index (χ3v) is 5.20. The Morgan fingerprint density at radius 1 is 1.04 bits per heavy atom. The van der Waals surface area contributed by atoms with E-state index in [9.17, 15) is 13.2 Å². The zero-order chi connectivity index (χ0) is 18.4. The summed E-state index contributed by atoms with van der Waals surface area (Å²) in [5.74, 6) is -0.299. The van der Waals surface area contributed by atoms with Crippen molar-refractivity contribution in [3.63, 3.8) is 0 Å². The molecule has 0 aromatic heterocycles. The van der Waals surface area contributed by atoms with Gasteiger partial charge in [-0.1, -0.05) is 30.3 Å². The quantitative estimate of drug-likeness (QED) is 0.666. The first kappa shape index (κ1) is 22.1. The highest BCUT2D eigenvalue weighted by molar-refractivity contribution is 7.89. The molecule has 0 spiro atoms. The number of hydrogen-bond donors (Lipinski definition) is 3. The zero-order valence-electron chi connectivity index (χ0n) is 14.7. The molecule has 1 amide bonds. The van der Waals surface area contributed by atoms with Crippen LogP contribution in [-0.4, -0.2) is 26.9 Å². The molecule has 2 rings (SSSR count). The maximum atomic E-state index is 12.2. The van der Waals surface area contributed by atoms with Crippen molar-refractivity contribution in [1.82, 2.24) is 10.0 Å². The molecule has 0 fully saturated rings. The lowest BCUT2D eigenvalue weighted by Crippen LogP contribution is -2.32. The third kappa shape index (κ3) is 6.10. The maximum Gasteiger partial charge on any atom is 0.251 e. The summed E-state index contributed by atoms with van der Waals surface area (Å²) < 4.78 is 26.6. The second kappa shape index (κ2) is 9.68. The van der Waals surface area contributed by atoms with Crippen LogP contribution in [0.1, 0.15) is 35.8 Å². The molecule has 26 heavy (non-hydrogen) atoms. The van der Waals surface area contributed by atoms with Crippen LogP contribution in [0.25, 0.3) is 0 Å². The predicted octanol–water partition coefficient (Wildman–Crippen LogP) is 2.22. The van der Waals surface area contributed by atoms with Gasteiger partial charge in [-0.05, 0) is 43.7 Å². The van der Waals surface area contributed by atoms with Gasteiger partial charge in [0.1, 0.15) is 0 Å². The smallest absolute Gasteiger partial charge is 0.251 e. The van der Waals surface area contributed by atoms with Gasteiger partial charge >= 0.3 is 0 Å². The lowest BCUT2D eigenvalue weighted by atomic mass is 10.1. The Hall–Kier alpha value is -1.93. The minimum atomic E-state index is -3.57. The van der Waals surface area contributed by atoms with E-state index in [0.29, 0.717) is 5.56 Å². The van der Waals surface area contributed by atoms with E-state index in [4.69, 9.17) is 5.73 Å². The average molecular weight is 398 g/mol. The third-order valence-electron chi connectivity index (χ3n) is 3.53. The van der Waals surface area contributed by atoms with Crippen molar-refractivity contribution in [3.8, 4) is 0 Å². The minimum absolute atomic E-state index is 0. The van der Waals surface area contributed by atoms with Crippen LogP contribution in [0, 0.1) is 0 Å². The average Bonchev–Trinajstić information content (AvgIpc) is 2.59. The second-order valence-corrected chi connectivity index (χ2v) is 7.74. The molecule has 2 aromatic carbocycles. The van der Waals surface area contributed by atoms with Crippen LogP contribution in [0.4, 0.5) is 0 Å². The van der Waals surface area contributed by atoms with Crippen LogP contribution in [0.5, 0.6) is 0 Å². The van der Waals surface area contributed by atoms with Gasteiger partial charge < -0.3 is 11.1 Å². The molecule has 0 saturated carbocycles. The van der Waals surface area contributed by atoms with Crippen LogP contribution < -0.4 is 15.8 Å². The van der Waals surface area contributed by atoms with Crippen molar-refractivity contribution in [2.75, 3.05) is 6.54 Å². The second-order valence-electron chi connectivity index (χ2n) is 6.03. The highest BCUT2D eigenvalue weighted by atomic mass is 35.5. The summed E-state index contributed by atoms with van der Waals surface area (Å²) >= 11 is 0. The molecule has 8 heteroatoms. The Kier molecular flexibility index (Phi) is 8.23. The number of rotatable bonds is 7. The Morgan fingerprint density at radius 2 is 1.62 bits per heavy atom. The van der Waals surface area contributed by atoms with E-state index >= 15 is 0 Å². The van der Waals surface area contributed by atoms with Crippen LogP contribution >= 0.6 is 12.4 Å². The Morgan fingerprint density at radius 3 is 2.15 bits per heavy atom. The molecule has 1 unspecified atom stereocenters. The molecule has 2 aromatic rings. The largest absolute Gasteiger partial charge is 0.350 e. The van der Waals surface area contributed by atoms with E-state index in [2.05, 4.69) is 10.0 Å². The van der Waals surface area contributed by atoms with Gasteiger partial charge in [0.2, 0.25) is 10.0 Å². The molecule has 142 valence electrons. The normalized spacial score (nSPS) is 12.3. The number of halogens is 1. The van der Waals surface area contributed by atoms with Crippen molar-refractivity contribution in [2.24, 2.45) is 5.73 Å². The molecule has 0 bridgehead atoms. The highest BCUT2D eigenvalue weighted by Gasteiger charge is 2.16. The Labute approximate surface area is 160 Å². The van der Waals surface area contributed by atoms with E-state index < -0.39 is 10.0 Å². The number of benzene rings is 2. The summed E-state index contributed by atoms with van der Waals surface area (Å²) in [7, 11) is -3.57. The first-order chi connectivity index (χ1) is 11.8. The number of nitrogens with two attached hydrogens (primary N) is 1. The molecule has 6 nitrogen and oxygen atoms in total. The van der Waals surface area contributed by atoms with Gasteiger partial charge in [0.25, 0.3) is 5.91 Å². The van der Waals surface area contributed by atoms with Crippen molar-refractivity contribution in [1.29, 1.82) is 0 Å². The summed E-state index contributed by atoms with van der Waals surface area (Å²) in [4.78, 5) is 12.3. The van der Waals surface area contributed by atoms with Crippen LogP contribution in [0.3, 0.4) is 0 Å². The fourth-order valence-corrected chi connectivity index (χ4v) is 3.54. The van der Waals surface area contributed by atoms with E-state index in [1.807, 2.05) is 30.3 Å². The number of carbonyl (C=O) groups excluding carboxylic acids is 1. The fourth-order valence-electron chi connectivity index (χ4n) is 2.29. The number of carbonyl (C=O) groups is 1. The molecule has 0 aliphatic rings. The van der Waals surface area contributed by atoms with Crippen LogP contribution in [0.2, 0.25) is 0 Å². The van der Waals surface area contributed by atoms with Crippen molar-refractivity contribution < 1.29 is 13.2 Å². The van der Waals surface area contributed by atoms with E-state index in [1.165, 1.54) is 24.3 Å². The number of nitrogens with one attached hydrogen (secondary N) is 2. The molecule has 0 aliphatic heterocycles. The van der Waals surface area contributed by atoms with Crippen molar-refractivity contribution in [3.05, 3.63) is 65.7 Å². The SMILES string of the molecule is CC(C)NS(=O)(=O)c1ccc(C(=O)NCC(N)c2ccccc2)cc1.Cl. The predicted molar refractivity (Wildman–Crippen MR) is 105 cm³/mol. The molecular formula is C18H24ClN3O3S. The van der Waals surface area contributed by atoms with Gasteiger partial charge in [0.05, 0.1) is 4.90 Å².